The van der Waals surface area contributed by atoms with Crippen molar-refractivity contribution < 1.29 is 0 Å². The summed E-state index contributed by atoms with van der Waals surface area (Å²) in [5, 5.41) is 3.37. The van der Waals surface area contributed by atoms with Crippen LogP contribution in [0.15, 0.2) is 43.0 Å². The van der Waals surface area contributed by atoms with E-state index in [2.05, 4.69) is 31.0 Å². The molecule has 0 aromatic heterocycles. The van der Waals surface area contributed by atoms with E-state index in [4.69, 9.17) is 0 Å². The zero-order valence-corrected chi connectivity index (χ0v) is 7.46. The van der Waals surface area contributed by atoms with Crippen LogP contribution in [-0.2, 0) is 0 Å². The number of hydrogen-bond donors (Lipinski definition) is 1. The van der Waals surface area contributed by atoms with Crippen molar-refractivity contribution in [1.82, 2.24) is 0 Å². The van der Waals surface area contributed by atoms with Gasteiger partial charge < -0.3 is 5.32 Å². The summed E-state index contributed by atoms with van der Waals surface area (Å²) in [5.74, 6) is 0. The maximum absolute atomic E-state index is 3.70. The van der Waals surface area contributed by atoms with Crippen molar-refractivity contribution in [3.05, 3.63) is 43.0 Å². The third-order valence-electron chi connectivity index (χ3n) is 1.71. The van der Waals surface area contributed by atoms with Gasteiger partial charge in [-0.1, -0.05) is 24.3 Å². The van der Waals surface area contributed by atoms with Crippen molar-refractivity contribution in [1.29, 1.82) is 0 Å². The van der Waals surface area contributed by atoms with E-state index in [1.54, 1.807) is 0 Å². The molecule has 64 valence electrons. The second-order valence-corrected chi connectivity index (χ2v) is 2.94. The summed E-state index contributed by atoms with van der Waals surface area (Å²) < 4.78 is 0. The van der Waals surface area contributed by atoms with E-state index in [1.807, 2.05) is 24.3 Å². The smallest absolute Gasteiger partial charge is 0.0342 e. The fraction of sp³-hybridized carbons (Fsp3) is 0.273. The Morgan fingerprint density at radius 3 is 2.67 bits per heavy atom. The zero-order chi connectivity index (χ0) is 8.81. The third kappa shape index (κ3) is 2.79. The lowest BCUT2D eigenvalue weighted by molar-refractivity contribution is 0.814. The third-order valence-corrected chi connectivity index (χ3v) is 1.71. The quantitative estimate of drug-likeness (QED) is 0.669. The van der Waals surface area contributed by atoms with Gasteiger partial charge in [-0.15, -0.1) is 6.58 Å². The van der Waals surface area contributed by atoms with E-state index in [-0.39, 0.29) is 0 Å². The Morgan fingerprint density at radius 1 is 1.42 bits per heavy atom. The van der Waals surface area contributed by atoms with Crippen LogP contribution in [0.3, 0.4) is 0 Å². The molecule has 1 unspecified atom stereocenters. The molecule has 0 saturated carbocycles. The van der Waals surface area contributed by atoms with Crippen molar-refractivity contribution in [3.63, 3.8) is 0 Å². The minimum Gasteiger partial charge on any atom is -0.382 e. The molecular formula is C11H15N. The molecule has 0 radical (unpaired) electrons. The summed E-state index contributed by atoms with van der Waals surface area (Å²) in [6.07, 6.45) is 2.93. The van der Waals surface area contributed by atoms with Crippen LogP contribution in [0, 0.1) is 0 Å². The maximum Gasteiger partial charge on any atom is 0.0342 e. The fourth-order valence-electron chi connectivity index (χ4n) is 1.13. The maximum atomic E-state index is 3.70. The van der Waals surface area contributed by atoms with Crippen molar-refractivity contribution >= 4 is 5.69 Å². The Hall–Kier alpha value is -1.24. The Kier molecular flexibility index (Phi) is 3.39. The van der Waals surface area contributed by atoms with Gasteiger partial charge in [-0.3, -0.25) is 0 Å². The monoisotopic (exact) mass is 161 g/mol. The molecule has 12 heavy (non-hydrogen) atoms. The van der Waals surface area contributed by atoms with Crippen LogP contribution in [0.2, 0.25) is 0 Å². The van der Waals surface area contributed by atoms with Crippen molar-refractivity contribution in [2.75, 3.05) is 5.32 Å². The van der Waals surface area contributed by atoms with Crippen LogP contribution in [0.5, 0.6) is 0 Å². The highest BCUT2D eigenvalue weighted by Gasteiger charge is 1.96. The lowest BCUT2D eigenvalue weighted by Crippen LogP contribution is -2.13. The van der Waals surface area contributed by atoms with Gasteiger partial charge in [0.25, 0.3) is 0 Å². The zero-order valence-electron chi connectivity index (χ0n) is 7.46. The van der Waals surface area contributed by atoms with Gasteiger partial charge >= 0.3 is 0 Å². The number of rotatable bonds is 4. The van der Waals surface area contributed by atoms with Gasteiger partial charge in [0, 0.05) is 11.7 Å². The predicted molar refractivity (Wildman–Crippen MR) is 54.3 cm³/mol. The first-order chi connectivity index (χ1) is 5.83. The molecule has 0 spiro atoms. The van der Waals surface area contributed by atoms with Crippen molar-refractivity contribution in [3.8, 4) is 0 Å². The molecule has 1 rings (SSSR count). The minimum atomic E-state index is 0.463. The number of benzene rings is 1. The summed E-state index contributed by atoms with van der Waals surface area (Å²) >= 11 is 0. The fourth-order valence-corrected chi connectivity index (χ4v) is 1.13. The second kappa shape index (κ2) is 4.60. The van der Waals surface area contributed by atoms with Crippen LogP contribution in [0.4, 0.5) is 5.69 Å². The Morgan fingerprint density at radius 2 is 2.08 bits per heavy atom. The van der Waals surface area contributed by atoms with Gasteiger partial charge in [-0.25, -0.2) is 0 Å². The highest BCUT2D eigenvalue weighted by Crippen LogP contribution is 2.08. The molecule has 0 heterocycles. The lowest BCUT2D eigenvalue weighted by Gasteiger charge is -2.12. The van der Waals surface area contributed by atoms with Gasteiger partial charge in [-0.2, -0.15) is 0 Å². The molecule has 1 heteroatoms. The summed E-state index contributed by atoms with van der Waals surface area (Å²) in [6.45, 7) is 5.85. The Labute approximate surface area is 74.1 Å². The first kappa shape index (κ1) is 8.85. The molecule has 1 N–H and O–H groups in total. The highest BCUT2D eigenvalue weighted by molar-refractivity contribution is 5.43. The average Bonchev–Trinajstić information content (AvgIpc) is 2.06. The largest absolute Gasteiger partial charge is 0.382 e. The number of hydrogen-bond acceptors (Lipinski definition) is 1. The summed E-state index contributed by atoms with van der Waals surface area (Å²) in [7, 11) is 0. The lowest BCUT2D eigenvalue weighted by atomic mass is 10.2. The summed E-state index contributed by atoms with van der Waals surface area (Å²) in [6, 6.07) is 10.7. The molecular weight excluding hydrogens is 146 g/mol. The van der Waals surface area contributed by atoms with Gasteiger partial charge in [0.05, 0.1) is 0 Å². The number of para-hydroxylation sites is 1. The van der Waals surface area contributed by atoms with E-state index < -0.39 is 0 Å². The number of anilines is 1. The molecule has 1 aromatic carbocycles. The Bertz CT molecular complexity index is 228. The van der Waals surface area contributed by atoms with E-state index in [9.17, 15) is 0 Å². The van der Waals surface area contributed by atoms with Crippen LogP contribution in [0.25, 0.3) is 0 Å². The molecule has 1 aromatic rings. The van der Waals surface area contributed by atoms with Crippen molar-refractivity contribution in [2.24, 2.45) is 0 Å². The topological polar surface area (TPSA) is 12.0 Å². The molecule has 0 fully saturated rings. The predicted octanol–water partition coefficient (Wildman–Crippen LogP) is 3.06. The minimum absolute atomic E-state index is 0.463. The molecule has 0 amide bonds. The first-order valence-electron chi connectivity index (χ1n) is 4.25. The summed E-state index contributed by atoms with van der Waals surface area (Å²) in [4.78, 5) is 0. The molecule has 1 atom stereocenters. The van der Waals surface area contributed by atoms with Crippen LogP contribution in [0.1, 0.15) is 13.3 Å². The number of nitrogens with one attached hydrogen (secondary N) is 1. The van der Waals surface area contributed by atoms with E-state index in [0.717, 1.165) is 6.42 Å². The highest BCUT2D eigenvalue weighted by atomic mass is 14.9. The molecule has 0 aliphatic carbocycles. The first-order valence-corrected chi connectivity index (χ1v) is 4.25. The van der Waals surface area contributed by atoms with Crippen LogP contribution < -0.4 is 5.32 Å². The molecule has 0 aliphatic rings. The van der Waals surface area contributed by atoms with Crippen LogP contribution in [-0.4, -0.2) is 6.04 Å². The van der Waals surface area contributed by atoms with Gasteiger partial charge in [-0.05, 0) is 25.5 Å². The average molecular weight is 161 g/mol. The van der Waals surface area contributed by atoms with Crippen molar-refractivity contribution in [2.45, 2.75) is 19.4 Å². The molecule has 1 nitrogen and oxygen atoms in total. The molecule has 0 bridgehead atoms. The van der Waals surface area contributed by atoms with Gasteiger partial charge in [0.1, 0.15) is 0 Å². The standard InChI is InChI=1S/C11H15N/c1-3-7-10(2)12-11-8-5-4-6-9-11/h3-6,8-10,12H,1,7H2,2H3. The van der Waals surface area contributed by atoms with E-state index in [0.29, 0.717) is 6.04 Å². The van der Waals surface area contributed by atoms with E-state index in [1.165, 1.54) is 5.69 Å². The molecule has 0 aliphatic heterocycles. The summed E-state index contributed by atoms with van der Waals surface area (Å²) in [5.41, 5.74) is 1.17. The second-order valence-electron chi connectivity index (χ2n) is 2.94. The van der Waals surface area contributed by atoms with Gasteiger partial charge in [0.15, 0.2) is 0 Å². The van der Waals surface area contributed by atoms with Gasteiger partial charge in [0.2, 0.25) is 0 Å². The molecule has 0 saturated heterocycles. The normalized spacial score (nSPS) is 12.1. The SMILES string of the molecule is C=CCC(C)Nc1ccccc1. The van der Waals surface area contributed by atoms with E-state index >= 15 is 0 Å². The van der Waals surface area contributed by atoms with Crippen LogP contribution >= 0.6 is 0 Å². The Balaban J connectivity index is 2.46.